The van der Waals surface area contributed by atoms with Crippen LogP contribution in [0.15, 0.2) is 35.7 Å². The molecule has 0 radical (unpaired) electrons. The van der Waals surface area contributed by atoms with Crippen LogP contribution in [0.5, 0.6) is 0 Å². The van der Waals surface area contributed by atoms with Crippen molar-refractivity contribution in [3.05, 3.63) is 46.8 Å². The van der Waals surface area contributed by atoms with Gasteiger partial charge in [-0.05, 0) is 12.1 Å². The van der Waals surface area contributed by atoms with E-state index in [4.69, 9.17) is 5.11 Å². The molecule has 0 bridgehead atoms. The largest absolute Gasteiger partial charge is 0.480 e. The smallest absolute Gasteiger partial charge is 0.318 e. The quantitative estimate of drug-likeness (QED) is 0.455. The van der Waals surface area contributed by atoms with E-state index in [0.717, 1.165) is 6.07 Å². The van der Waals surface area contributed by atoms with Crippen LogP contribution in [0.2, 0.25) is 0 Å². The molecule has 0 saturated carbocycles. The van der Waals surface area contributed by atoms with E-state index in [1.165, 1.54) is 6.08 Å². The first-order valence-corrected chi connectivity index (χ1v) is 6.91. The normalized spacial score (nSPS) is 11.3. The van der Waals surface area contributed by atoms with Crippen molar-refractivity contribution in [1.29, 1.82) is 0 Å². The third-order valence-corrected chi connectivity index (χ3v) is 4.20. The Labute approximate surface area is 119 Å². The molecule has 1 aromatic rings. The molecule has 0 aliphatic carbocycles. The molecule has 0 spiro atoms. The second kappa shape index (κ2) is 6.41. The first-order valence-electron chi connectivity index (χ1n) is 5.47. The molecule has 10 heteroatoms. The second-order valence-corrected chi connectivity index (χ2v) is 5.79. The Morgan fingerprint density at radius 1 is 1.52 bits per heavy atom. The Hall–Kier alpha value is -2.33. The van der Waals surface area contributed by atoms with Gasteiger partial charge in [-0.3, -0.25) is 14.9 Å². The summed E-state index contributed by atoms with van der Waals surface area (Å²) in [7, 11) is -4.32. The van der Waals surface area contributed by atoms with Gasteiger partial charge in [-0.1, -0.05) is 6.08 Å². The van der Waals surface area contributed by atoms with Crippen molar-refractivity contribution in [2.24, 2.45) is 0 Å². The Kier molecular flexibility index (Phi) is 5.11. The topological polar surface area (TPSA) is 118 Å². The molecule has 114 valence electrons. The molecule has 1 N–H and O–H groups in total. The minimum atomic E-state index is -4.32. The molecule has 0 unspecified atom stereocenters. The van der Waals surface area contributed by atoms with Gasteiger partial charge < -0.3 is 5.11 Å². The van der Waals surface area contributed by atoms with E-state index < -0.39 is 43.9 Å². The van der Waals surface area contributed by atoms with Crippen LogP contribution >= 0.6 is 0 Å². The first kappa shape index (κ1) is 16.7. The van der Waals surface area contributed by atoms with Gasteiger partial charge in [-0.15, -0.1) is 6.58 Å². The molecule has 21 heavy (non-hydrogen) atoms. The summed E-state index contributed by atoms with van der Waals surface area (Å²) in [5.41, 5.74) is -1.01. The molecule has 8 nitrogen and oxygen atoms in total. The van der Waals surface area contributed by atoms with Crippen molar-refractivity contribution >= 4 is 21.7 Å². The average molecular weight is 318 g/mol. The number of halogens is 1. The summed E-state index contributed by atoms with van der Waals surface area (Å²) in [4.78, 5) is 19.7. The molecule has 1 rings (SSSR count). The van der Waals surface area contributed by atoms with Gasteiger partial charge in [0.25, 0.3) is 0 Å². The van der Waals surface area contributed by atoms with E-state index in [0.29, 0.717) is 16.4 Å². The van der Waals surface area contributed by atoms with Gasteiger partial charge in [0.2, 0.25) is 15.8 Å². The van der Waals surface area contributed by atoms with Crippen LogP contribution in [0.1, 0.15) is 0 Å². The SMILES string of the molecule is C=CCN(CC(=O)O)S(=O)(=O)c1ccc(F)c([N+](=O)[O-])c1. The van der Waals surface area contributed by atoms with E-state index >= 15 is 0 Å². The zero-order valence-electron chi connectivity index (χ0n) is 10.6. The van der Waals surface area contributed by atoms with Crippen LogP contribution in [-0.4, -0.2) is 41.8 Å². The number of nitro groups is 1. The highest BCUT2D eigenvalue weighted by atomic mass is 32.2. The lowest BCUT2D eigenvalue weighted by molar-refractivity contribution is -0.387. The number of carbonyl (C=O) groups is 1. The molecular formula is C11H11FN2O6S. The Morgan fingerprint density at radius 3 is 2.62 bits per heavy atom. The van der Waals surface area contributed by atoms with E-state index in [2.05, 4.69) is 6.58 Å². The fourth-order valence-corrected chi connectivity index (χ4v) is 2.87. The third kappa shape index (κ3) is 3.83. The van der Waals surface area contributed by atoms with E-state index in [-0.39, 0.29) is 6.54 Å². The number of carboxylic acids is 1. The maximum Gasteiger partial charge on any atom is 0.318 e. The molecule has 0 amide bonds. The summed E-state index contributed by atoms with van der Waals surface area (Å²) in [5, 5.41) is 19.3. The van der Waals surface area contributed by atoms with Crippen molar-refractivity contribution in [3.8, 4) is 0 Å². The number of sulfonamides is 1. The summed E-state index contributed by atoms with van der Waals surface area (Å²) < 4.78 is 38.2. The highest BCUT2D eigenvalue weighted by molar-refractivity contribution is 7.89. The summed E-state index contributed by atoms with van der Waals surface area (Å²) in [6, 6.07) is 2.01. The second-order valence-electron chi connectivity index (χ2n) is 3.85. The van der Waals surface area contributed by atoms with Crippen LogP contribution in [-0.2, 0) is 14.8 Å². The molecule has 0 atom stereocenters. The molecule has 0 aliphatic rings. The predicted molar refractivity (Wildman–Crippen MR) is 69.6 cm³/mol. The first-order chi connectivity index (χ1) is 9.70. The fraction of sp³-hybridized carbons (Fsp3) is 0.182. The Morgan fingerprint density at radius 2 is 2.14 bits per heavy atom. The zero-order valence-corrected chi connectivity index (χ0v) is 11.4. The summed E-state index contributed by atoms with van der Waals surface area (Å²) >= 11 is 0. The van der Waals surface area contributed by atoms with Crippen LogP contribution in [0.3, 0.4) is 0 Å². The van der Waals surface area contributed by atoms with Gasteiger partial charge in [0.1, 0.15) is 6.54 Å². The zero-order chi connectivity index (χ0) is 16.2. The summed E-state index contributed by atoms with van der Waals surface area (Å²) in [5.74, 6) is -2.59. The lowest BCUT2D eigenvalue weighted by Crippen LogP contribution is -2.35. The number of hydrogen-bond acceptors (Lipinski definition) is 5. The lowest BCUT2D eigenvalue weighted by Gasteiger charge is -2.18. The Balaban J connectivity index is 3.34. The maximum atomic E-state index is 13.2. The van der Waals surface area contributed by atoms with Gasteiger partial charge in [0, 0.05) is 12.6 Å². The summed E-state index contributed by atoms with van der Waals surface area (Å²) in [6.07, 6.45) is 1.17. The monoisotopic (exact) mass is 318 g/mol. The van der Waals surface area contributed by atoms with E-state index in [1.807, 2.05) is 0 Å². The van der Waals surface area contributed by atoms with Gasteiger partial charge in [-0.2, -0.15) is 8.70 Å². The van der Waals surface area contributed by atoms with Crippen LogP contribution in [0.25, 0.3) is 0 Å². The molecular weight excluding hydrogens is 307 g/mol. The highest BCUT2D eigenvalue weighted by Gasteiger charge is 2.28. The molecule has 1 aromatic carbocycles. The van der Waals surface area contributed by atoms with Gasteiger partial charge >= 0.3 is 11.7 Å². The number of nitrogens with zero attached hydrogens (tertiary/aromatic N) is 2. The van der Waals surface area contributed by atoms with Crippen LogP contribution in [0.4, 0.5) is 10.1 Å². The molecule has 0 saturated heterocycles. The van der Waals surface area contributed by atoms with Gasteiger partial charge in [0.15, 0.2) is 0 Å². The number of hydrogen-bond donors (Lipinski definition) is 1. The van der Waals surface area contributed by atoms with Crippen LogP contribution < -0.4 is 0 Å². The average Bonchev–Trinajstić information content (AvgIpc) is 2.37. The predicted octanol–water partition coefficient (Wildman–Crippen LogP) is 0.995. The fourth-order valence-electron chi connectivity index (χ4n) is 1.48. The standard InChI is InChI=1S/C11H11FN2O6S/c1-2-5-13(7-11(15)16)21(19,20)8-3-4-9(12)10(6-8)14(17)18/h2-4,6H,1,5,7H2,(H,15,16). The molecule has 0 fully saturated rings. The van der Waals surface area contributed by atoms with Crippen molar-refractivity contribution in [3.63, 3.8) is 0 Å². The van der Waals surface area contributed by atoms with Crippen molar-refractivity contribution in [1.82, 2.24) is 4.31 Å². The van der Waals surface area contributed by atoms with Crippen molar-refractivity contribution < 1.29 is 27.6 Å². The highest BCUT2D eigenvalue weighted by Crippen LogP contribution is 2.23. The Bertz CT molecular complexity index is 688. The van der Waals surface area contributed by atoms with Crippen LogP contribution in [0, 0.1) is 15.9 Å². The molecule has 0 aromatic heterocycles. The van der Waals surface area contributed by atoms with E-state index in [9.17, 15) is 27.7 Å². The minimum Gasteiger partial charge on any atom is -0.480 e. The van der Waals surface area contributed by atoms with Crippen molar-refractivity contribution in [2.45, 2.75) is 4.90 Å². The van der Waals surface area contributed by atoms with Crippen molar-refractivity contribution in [2.75, 3.05) is 13.1 Å². The number of rotatable bonds is 7. The molecule has 0 heterocycles. The number of carboxylic acid groups (broad SMARTS) is 1. The van der Waals surface area contributed by atoms with Gasteiger partial charge in [0.05, 0.1) is 9.82 Å². The summed E-state index contributed by atoms with van der Waals surface area (Å²) in [6.45, 7) is 2.15. The van der Waals surface area contributed by atoms with Gasteiger partial charge in [-0.25, -0.2) is 8.42 Å². The lowest BCUT2D eigenvalue weighted by atomic mass is 10.3. The number of aliphatic carboxylic acids is 1. The number of nitro benzene ring substituents is 1. The third-order valence-electron chi connectivity index (χ3n) is 2.40. The number of benzene rings is 1. The molecule has 0 aliphatic heterocycles. The van der Waals surface area contributed by atoms with E-state index in [1.54, 1.807) is 0 Å². The minimum absolute atomic E-state index is 0.306. The maximum absolute atomic E-state index is 13.2.